The Kier molecular flexibility index (Phi) is 4.50. The fourth-order valence-corrected chi connectivity index (χ4v) is 6.12. The van der Waals surface area contributed by atoms with E-state index in [-0.39, 0.29) is 0 Å². The minimum atomic E-state index is 0.393. The van der Waals surface area contributed by atoms with Gasteiger partial charge in [0.15, 0.2) is 0 Å². The Morgan fingerprint density at radius 1 is 1.00 bits per heavy atom. The smallest absolute Gasteiger partial charge is 0.147 e. The summed E-state index contributed by atoms with van der Waals surface area (Å²) in [5, 5.41) is 12.2. The molecule has 5 heteroatoms. The van der Waals surface area contributed by atoms with Gasteiger partial charge in [-0.15, -0.1) is 10.2 Å². The van der Waals surface area contributed by atoms with Gasteiger partial charge in [-0.05, 0) is 49.9 Å². The Morgan fingerprint density at radius 2 is 1.78 bits per heavy atom. The van der Waals surface area contributed by atoms with Gasteiger partial charge >= 0.3 is 0 Å². The van der Waals surface area contributed by atoms with Crippen molar-refractivity contribution in [1.29, 1.82) is 0 Å². The summed E-state index contributed by atoms with van der Waals surface area (Å²) in [6, 6.07) is 20.0. The van der Waals surface area contributed by atoms with E-state index < -0.39 is 0 Å². The van der Waals surface area contributed by atoms with Gasteiger partial charge in [-0.2, -0.15) is 0 Å². The number of hydrogen-bond donors (Lipinski definition) is 0. The summed E-state index contributed by atoms with van der Waals surface area (Å²) in [7, 11) is 2.28. The van der Waals surface area contributed by atoms with Crippen LogP contribution in [0.5, 0.6) is 0 Å². The van der Waals surface area contributed by atoms with E-state index in [0.717, 1.165) is 15.6 Å². The van der Waals surface area contributed by atoms with Crippen molar-refractivity contribution in [1.82, 2.24) is 15.1 Å². The summed E-state index contributed by atoms with van der Waals surface area (Å²) in [6.45, 7) is 0. The third kappa shape index (κ3) is 3.10. The van der Waals surface area contributed by atoms with E-state index in [2.05, 4.69) is 58.5 Å². The van der Waals surface area contributed by atoms with Crippen molar-refractivity contribution in [2.75, 3.05) is 7.05 Å². The van der Waals surface area contributed by atoms with Gasteiger partial charge in [-0.1, -0.05) is 65.4 Å². The van der Waals surface area contributed by atoms with Gasteiger partial charge in [0.2, 0.25) is 0 Å². The number of benzene rings is 2. The predicted octanol–water partition coefficient (Wildman–Crippen LogP) is 5.59. The van der Waals surface area contributed by atoms with Crippen LogP contribution in [0.1, 0.15) is 41.7 Å². The van der Waals surface area contributed by atoms with Crippen LogP contribution in [0.2, 0.25) is 5.02 Å². The Labute approximate surface area is 169 Å². The molecule has 2 bridgehead atoms. The van der Waals surface area contributed by atoms with E-state index in [1.54, 1.807) is 11.3 Å². The van der Waals surface area contributed by atoms with Crippen molar-refractivity contribution in [3.63, 3.8) is 0 Å². The molecule has 3 heterocycles. The lowest BCUT2D eigenvalue weighted by molar-refractivity contribution is 0.137. The SMILES string of the molecule is CN1C2CCC1[C@@H](c1nnc(-c3ccccc3)s1)[C@@H](c1ccc(Cl)cc1)C2. The minimum Gasteiger partial charge on any atom is -0.300 e. The standard InChI is InChI=1S/C22H22ClN3S/c1-26-17-11-12-19(26)20(18(13-17)14-7-9-16(23)10-8-14)22-25-24-21(27-22)15-5-3-2-4-6-15/h2-10,17-20H,11-13H2,1H3/t17?,18-,19?,20+/m1/s1. The number of halogens is 1. The van der Waals surface area contributed by atoms with Crippen molar-refractivity contribution in [2.45, 2.75) is 43.2 Å². The van der Waals surface area contributed by atoms with Crippen molar-refractivity contribution in [3.05, 3.63) is 70.2 Å². The quantitative estimate of drug-likeness (QED) is 0.578. The zero-order valence-corrected chi connectivity index (χ0v) is 16.8. The van der Waals surface area contributed by atoms with Crippen molar-refractivity contribution >= 4 is 22.9 Å². The number of likely N-dealkylation sites (N-methyl/N-ethyl adjacent to an activating group) is 1. The fourth-order valence-electron chi connectivity index (χ4n) is 4.92. The molecule has 0 spiro atoms. The molecule has 0 aliphatic carbocycles. The second kappa shape index (κ2) is 7.01. The van der Waals surface area contributed by atoms with Crippen LogP contribution in [0, 0.1) is 0 Å². The molecule has 27 heavy (non-hydrogen) atoms. The van der Waals surface area contributed by atoms with E-state index >= 15 is 0 Å². The first-order valence-corrected chi connectivity index (χ1v) is 10.8. The van der Waals surface area contributed by atoms with Gasteiger partial charge < -0.3 is 0 Å². The van der Waals surface area contributed by atoms with Crippen LogP contribution in [0.4, 0.5) is 0 Å². The van der Waals surface area contributed by atoms with Crippen LogP contribution in [0.15, 0.2) is 54.6 Å². The zero-order chi connectivity index (χ0) is 18.4. The molecule has 0 saturated carbocycles. The lowest BCUT2D eigenvalue weighted by Crippen LogP contribution is -2.44. The van der Waals surface area contributed by atoms with Gasteiger partial charge in [-0.3, -0.25) is 4.90 Å². The summed E-state index contributed by atoms with van der Waals surface area (Å²) >= 11 is 7.90. The highest BCUT2D eigenvalue weighted by Gasteiger charge is 2.47. The molecule has 2 saturated heterocycles. The second-order valence-electron chi connectivity index (χ2n) is 7.69. The molecular weight excluding hydrogens is 374 g/mol. The van der Waals surface area contributed by atoms with Gasteiger partial charge in [0.05, 0.1) is 0 Å². The average molecular weight is 396 g/mol. The monoisotopic (exact) mass is 395 g/mol. The van der Waals surface area contributed by atoms with E-state index in [1.807, 2.05) is 18.2 Å². The summed E-state index contributed by atoms with van der Waals surface area (Å²) in [6.07, 6.45) is 3.71. The number of fused-ring (bicyclic) bond motifs is 2. The maximum atomic E-state index is 6.14. The summed E-state index contributed by atoms with van der Waals surface area (Å²) in [4.78, 5) is 2.58. The highest BCUT2D eigenvalue weighted by atomic mass is 35.5. The molecule has 0 amide bonds. The van der Waals surface area contributed by atoms with Crippen LogP contribution < -0.4 is 0 Å². The zero-order valence-electron chi connectivity index (χ0n) is 15.3. The molecule has 0 N–H and O–H groups in total. The number of nitrogens with zero attached hydrogens (tertiary/aromatic N) is 3. The molecule has 4 atom stereocenters. The molecule has 3 nitrogen and oxygen atoms in total. The molecule has 5 rings (SSSR count). The summed E-state index contributed by atoms with van der Waals surface area (Å²) in [5.41, 5.74) is 2.53. The third-order valence-electron chi connectivity index (χ3n) is 6.31. The molecular formula is C22H22ClN3S. The van der Waals surface area contributed by atoms with Gasteiger partial charge in [0.25, 0.3) is 0 Å². The van der Waals surface area contributed by atoms with Crippen LogP contribution in [0.25, 0.3) is 10.6 Å². The lowest BCUT2D eigenvalue weighted by atomic mass is 9.76. The predicted molar refractivity (Wildman–Crippen MR) is 111 cm³/mol. The number of aromatic nitrogens is 2. The van der Waals surface area contributed by atoms with E-state index in [0.29, 0.717) is 23.9 Å². The van der Waals surface area contributed by atoms with E-state index in [1.165, 1.54) is 29.8 Å². The lowest BCUT2D eigenvalue weighted by Gasteiger charge is -2.42. The van der Waals surface area contributed by atoms with Crippen LogP contribution >= 0.6 is 22.9 Å². The Morgan fingerprint density at radius 3 is 2.56 bits per heavy atom. The molecule has 1 aromatic heterocycles. The molecule has 2 aliphatic rings. The number of piperidine rings is 1. The Hall–Kier alpha value is -1.75. The minimum absolute atomic E-state index is 0.393. The van der Waals surface area contributed by atoms with Crippen molar-refractivity contribution in [2.24, 2.45) is 0 Å². The Bertz CT molecular complexity index is 924. The molecule has 2 unspecified atom stereocenters. The van der Waals surface area contributed by atoms with Crippen LogP contribution in [-0.4, -0.2) is 34.2 Å². The van der Waals surface area contributed by atoms with Crippen LogP contribution in [0.3, 0.4) is 0 Å². The Balaban J connectivity index is 1.54. The highest BCUT2D eigenvalue weighted by Crippen LogP contribution is 2.51. The van der Waals surface area contributed by atoms with Gasteiger partial charge in [-0.25, -0.2) is 0 Å². The second-order valence-corrected chi connectivity index (χ2v) is 9.14. The summed E-state index contributed by atoms with van der Waals surface area (Å²) < 4.78 is 0. The maximum absolute atomic E-state index is 6.14. The largest absolute Gasteiger partial charge is 0.300 e. The first kappa shape index (κ1) is 17.4. The third-order valence-corrected chi connectivity index (χ3v) is 7.64. The van der Waals surface area contributed by atoms with Gasteiger partial charge in [0.1, 0.15) is 10.0 Å². The number of hydrogen-bond acceptors (Lipinski definition) is 4. The van der Waals surface area contributed by atoms with Gasteiger partial charge in [0, 0.05) is 28.6 Å². The van der Waals surface area contributed by atoms with Crippen molar-refractivity contribution in [3.8, 4) is 10.6 Å². The first-order valence-electron chi connectivity index (χ1n) is 9.57. The van der Waals surface area contributed by atoms with E-state index in [9.17, 15) is 0 Å². The normalized spacial score (nSPS) is 27.8. The summed E-state index contributed by atoms with van der Waals surface area (Å²) in [5.74, 6) is 0.873. The molecule has 138 valence electrons. The molecule has 2 aliphatic heterocycles. The molecule has 2 aromatic carbocycles. The molecule has 2 fully saturated rings. The highest BCUT2D eigenvalue weighted by molar-refractivity contribution is 7.14. The maximum Gasteiger partial charge on any atom is 0.147 e. The first-order chi connectivity index (χ1) is 13.2. The molecule has 3 aromatic rings. The number of rotatable bonds is 3. The van der Waals surface area contributed by atoms with Crippen LogP contribution in [-0.2, 0) is 0 Å². The van der Waals surface area contributed by atoms with Crippen molar-refractivity contribution < 1.29 is 0 Å². The molecule has 0 radical (unpaired) electrons. The van der Waals surface area contributed by atoms with E-state index in [4.69, 9.17) is 11.6 Å². The topological polar surface area (TPSA) is 29.0 Å². The average Bonchev–Trinajstić information content (AvgIpc) is 3.26. The fraction of sp³-hybridized carbons (Fsp3) is 0.364.